The van der Waals surface area contributed by atoms with Crippen molar-refractivity contribution in [1.29, 1.82) is 0 Å². The summed E-state index contributed by atoms with van der Waals surface area (Å²) in [6.07, 6.45) is 21.3. The number of unbranched alkanes of at least 4 members (excludes halogenated alkanes) is 8. The number of allylic oxidation sites excluding steroid dienone is 6. The number of hydrogen-bond donors (Lipinski definition) is 6. The molecule has 224 valence electrons. The van der Waals surface area contributed by atoms with E-state index in [-0.39, 0.29) is 18.5 Å². The highest BCUT2D eigenvalue weighted by atomic mass is 31.2. The molecule has 0 aromatic rings. The lowest BCUT2D eigenvalue weighted by atomic mass is 10.0. The third-order valence-corrected chi connectivity index (χ3v) is 7.74. The van der Waals surface area contributed by atoms with Gasteiger partial charge in [0.05, 0.1) is 0 Å². The Morgan fingerprint density at radius 3 is 1.29 bits per heavy atom. The van der Waals surface area contributed by atoms with E-state index in [0.29, 0.717) is 25.2 Å². The molecule has 0 unspecified atom stereocenters. The summed E-state index contributed by atoms with van der Waals surface area (Å²) in [5.74, 6) is 0.324. The van der Waals surface area contributed by atoms with E-state index in [1.165, 1.54) is 0 Å². The summed E-state index contributed by atoms with van der Waals surface area (Å²) in [6, 6.07) is 0. The van der Waals surface area contributed by atoms with Crippen molar-refractivity contribution in [2.75, 3.05) is 18.5 Å². The summed E-state index contributed by atoms with van der Waals surface area (Å²) in [6.45, 7) is 14.4. The maximum absolute atomic E-state index is 10.5. The van der Waals surface area contributed by atoms with E-state index < -0.39 is 22.8 Å². The molecule has 0 fully saturated rings. The van der Waals surface area contributed by atoms with Crippen molar-refractivity contribution in [2.45, 2.75) is 77.0 Å². The van der Waals surface area contributed by atoms with Crippen LogP contribution in [0.5, 0.6) is 0 Å². The normalized spacial score (nSPS) is 11.8. The Bertz CT molecular complexity index is 771. The maximum atomic E-state index is 10.5. The quantitative estimate of drug-likeness (QED) is 0.0348. The maximum Gasteiger partial charge on any atom is 0.325 e. The van der Waals surface area contributed by atoms with Gasteiger partial charge in [-0.25, -0.2) is 0 Å². The summed E-state index contributed by atoms with van der Waals surface area (Å²) in [5.41, 5.74) is 0. The minimum atomic E-state index is -3.78. The molecule has 0 heterocycles. The molecule has 0 aliphatic rings. The largest absolute Gasteiger partial charge is 0.325 e. The van der Waals surface area contributed by atoms with E-state index in [2.05, 4.69) is 26.3 Å². The highest BCUT2D eigenvalue weighted by Crippen LogP contribution is 2.36. The first-order valence-electron chi connectivity index (χ1n) is 12.9. The fourth-order valence-electron chi connectivity index (χ4n) is 2.94. The van der Waals surface area contributed by atoms with E-state index in [4.69, 9.17) is 29.4 Å². The molecule has 9 nitrogen and oxygen atoms in total. The molecule has 0 bridgehead atoms. The van der Waals surface area contributed by atoms with Gasteiger partial charge in [-0.05, 0) is 57.3 Å². The molecule has 0 rings (SSSR count). The first-order valence-corrected chi connectivity index (χ1v) is 18.3. The minimum Gasteiger partial charge on any atom is -0.324 e. The molecule has 0 aromatic carbocycles. The fourth-order valence-corrected chi connectivity index (χ4v) is 4.85. The molecule has 0 amide bonds. The van der Waals surface area contributed by atoms with Gasteiger partial charge in [0.25, 0.3) is 0 Å². The second kappa shape index (κ2) is 26.4. The van der Waals surface area contributed by atoms with Gasteiger partial charge in [0.2, 0.25) is 0 Å². The van der Waals surface area contributed by atoms with Gasteiger partial charge in [0.1, 0.15) is 0 Å². The molecule has 0 aliphatic carbocycles. The summed E-state index contributed by atoms with van der Waals surface area (Å²) < 4.78 is 31.3. The summed E-state index contributed by atoms with van der Waals surface area (Å²) in [5, 5.41) is 0. The minimum absolute atomic E-state index is 0.000154. The molecular weight excluding hydrogens is 549 g/mol. The Labute approximate surface area is 230 Å². The molecule has 0 atom stereocenters. The monoisotopic (exact) mass is 600 g/mol. The molecule has 0 saturated heterocycles. The van der Waals surface area contributed by atoms with Crippen LogP contribution in [0, 0.1) is 5.92 Å². The van der Waals surface area contributed by atoms with Crippen molar-refractivity contribution in [3.8, 4) is 0 Å². The van der Waals surface area contributed by atoms with Gasteiger partial charge < -0.3 is 29.4 Å². The van der Waals surface area contributed by atoms with Crippen LogP contribution in [0.4, 0.5) is 0 Å². The van der Waals surface area contributed by atoms with E-state index in [1.54, 1.807) is 6.08 Å². The molecular formula is C26H51O9P3. The second-order valence-electron chi connectivity index (χ2n) is 8.80. The number of hydrogen-bond acceptors (Lipinski definition) is 3. The first kappa shape index (κ1) is 41.6. The third kappa shape index (κ3) is 45.1. The van der Waals surface area contributed by atoms with Gasteiger partial charge in [-0.2, -0.15) is 0 Å². The van der Waals surface area contributed by atoms with Crippen LogP contribution in [-0.4, -0.2) is 47.8 Å². The molecule has 6 N–H and O–H groups in total. The van der Waals surface area contributed by atoms with Crippen molar-refractivity contribution >= 4 is 22.8 Å². The molecule has 12 heteroatoms. The molecule has 0 aromatic heterocycles. The molecule has 0 radical (unpaired) electrons. The van der Waals surface area contributed by atoms with Crippen LogP contribution >= 0.6 is 22.8 Å². The zero-order valence-corrected chi connectivity index (χ0v) is 25.4. The van der Waals surface area contributed by atoms with Gasteiger partial charge in [-0.3, -0.25) is 13.7 Å². The fraction of sp³-hybridized carbons (Fsp3) is 0.615. The van der Waals surface area contributed by atoms with Gasteiger partial charge in [-0.1, -0.05) is 68.7 Å². The van der Waals surface area contributed by atoms with Crippen LogP contribution in [0.1, 0.15) is 77.0 Å². The van der Waals surface area contributed by atoms with Crippen LogP contribution in [-0.2, 0) is 13.7 Å². The Balaban J connectivity index is -0.000000487. The Hall–Kier alpha value is -0.850. The third-order valence-electron chi connectivity index (χ3n) is 5.04. The summed E-state index contributed by atoms with van der Waals surface area (Å²) in [4.78, 5) is 51.2. The lowest BCUT2D eigenvalue weighted by Gasteiger charge is -2.06. The van der Waals surface area contributed by atoms with Crippen LogP contribution in [0.2, 0.25) is 0 Å². The summed E-state index contributed by atoms with van der Waals surface area (Å²) >= 11 is 0. The van der Waals surface area contributed by atoms with Crippen molar-refractivity contribution in [3.63, 3.8) is 0 Å². The van der Waals surface area contributed by atoms with E-state index in [0.717, 1.165) is 57.8 Å². The Morgan fingerprint density at radius 2 is 0.947 bits per heavy atom. The highest BCUT2D eigenvalue weighted by molar-refractivity contribution is 7.52. The van der Waals surface area contributed by atoms with Crippen LogP contribution in [0.25, 0.3) is 0 Å². The molecule has 0 saturated carbocycles. The zero-order valence-electron chi connectivity index (χ0n) is 22.7. The topological polar surface area (TPSA) is 173 Å². The van der Waals surface area contributed by atoms with Crippen molar-refractivity contribution in [2.24, 2.45) is 5.92 Å². The molecule has 0 aliphatic heterocycles. The van der Waals surface area contributed by atoms with Crippen LogP contribution in [0.15, 0.2) is 62.8 Å². The van der Waals surface area contributed by atoms with Crippen molar-refractivity contribution < 1.29 is 43.1 Å². The van der Waals surface area contributed by atoms with Crippen molar-refractivity contribution in [3.05, 3.63) is 62.8 Å². The summed E-state index contributed by atoms with van der Waals surface area (Å²) in [7, 11) is -11.3. The van der Waals surface area contributed by atoms with E-state index in [1.807, 2.05) is 30.4 Å². The standard InChI is InChI=1S/C10H19O3P.C9H17O3P.C7H15O3P/c1-3-10(4-2)8-6-5-7-9-14(11,12)13;1-2-3-4-5-6-7-8-9-13(10,11)12;1-2-3-4-5-6-7-11(8,9)10/h3-4,10H,1-2,5-9H2,(H2,11,12,13);2-4H,1,5-9H2,(H2,10,11,12);2H,1,3-7H2,(H2,8,9,10)/b;4-3+;. The lowest BCUT2D eigenvalue weighted by Crippen LogP contribution is -1.92. The van der Waals surface area contributed by atoms with Crippen molar-refractivity contribution in [1.82, 2.24) is 0 Å². The lowest BCUT2D eigenvalue weighted by molar-refractivity contribution is 0.368. The van der Waals surface area contributed by atoms with Gasteiger partial charge >= 0.3 is 22.8 Å². The van der Waals surface area contributed by atoms with E-state index >= 15 is 0 Å². The zero-order chi connectivity index (χ0) is 29.9. The predicted octanol–water partition coefficient (Wildman–Crippen LogP) is 7.09. The van der Waals surface area contributed by atoms with Gasteiger partial charge in [0.15, 0.2) is 0 Å². The molecule has 38 heavy (non-hydrogen) atoms. The van der Waals surface area contributed by atoms with E-state index in [9.17, 15) is 13.7 Å². The van der Waals surface area contributed by atoms with Crippen LogP contribution in [0.3, 0.4) is 0 Å². The highest BCUT2D eigenvalue weighted by Gasteiger charge is 2.12. The average molecular weight is 601 g/mol. The SMILES string of the molecule is C=C/C=C/CCCCCP(=O)(O)O.C=CC(C=C)CCCCCP(=O)(O)O.C=CCCCCCP(=O)(O)O. The van der Waals surface area contributed by atoms with Crippen LogP contribution < -0.4 is 0 Å². The first-order chi connectivity index (χ1) is 17.6. The second-order valence-corrected chi connectivity index (χ2v) is 14.1. The molecule has 0 spiro atoms. The predicted molar refractivity (Wildman–Crippen MR) is 160 cm³/mol. The average Bonchev–Trinajstić information content (AvgIpc) is 2.79. The smallest absolute Gasteiger partial charge is 0.324 e. The Morgan fingerprint density at radius 1 is 0.553 bits per heavy atom. The van der Waals surface area contributed by atoms with Gasteiger partial charge in [-0.15, -0.1) is 19.7 Å². The van der Waals surface area contributed by atoms with Gasteiger partial charge in [0, 0.05) is 18.5 Å². The Kier molecular flexibility index (Phi) is 28.9. The number of rotatable bonds is 21.